The second-order valence-corrected chi connectivity index (χ2v) is 12.7. The van der Waals surface area contributed by atoms with E-state index in [9.17, 15) is 24.3 Å². The van der Waals surface area contributed by atoms with E-state index >= 15 is 0 Å². The van der Waals surface area contributed by atoms with Crippen LogP contribution >= 0.6 is 0 Å². The van der Waals surface area contributed by atoms with E-state index in [0.29, 0.717) is 31.3 Å². The molecule has 9 atom stereocenters. The Balaban J connectivity index is 2.40. The van der Waals surface area contributed by atoms with Gasteiger partial charge in [0.2, 0.25) is 0 Å². The standard InChI is InChI=1S/C31H46O9/c1-11-15(2)29(36)40-22-14-16(3)23-27(38-19(6)33)28(39-20(7)34)31(10)13-12-21(35)17(4)24(31)26(37-18(5)32)25(22)30(23,8)9/h15,21-22,24-28,35H,4,11-14H2,1-3,5-10H3/t15-,21-,22+,24+,25-,26+,27+,28-,31-/m1/s1. The van der Waals surface area contributed by atoms with E-state index in [-0.39, 0.29) is 11.9 Å². The minimum atomic E-state index is -0.953. The summed E-state index contributed by atoms with van der Waals surface area (Å²) in [6.07, 6.45) is -2.70. The van der Waals surface area contributed by atoms with Crippen molar-refractivity contribution in [3.63, 3.8) is 0 Å². The topological polar surface area (TPSA) is 125 Å². The monoisotopic (exact) mass is 562 g/mol. The lowest BCUT2D eigenvalue weighted by Crippen LogP contribution is -2.65. The third-order valence-corrected chi connectivity index (χ3v) is 9.45. The van der Waals surface area contributed by atoms with E-state index in [1.54, 1.807) is 0 Å². The number of hydrogen-bond donors (Lipinski definition) is 1. The van der Waals surface area contributed by atoms with Gasteiger partial charge in [-0.15, -0.1) is 0 Å². The fourth-order valence-electron chi connectivity index (χ4n) is 7.55. The lowest BCUT2D eigenvalue weighted by molar-refractivity contribution is -0.211. The Morgan fingerprint density at radius 1 is 1.00 bits per heavy atom. The first-order valence-corrected chi connectivity index (χ1v) is 14.3. The Hall–Kier alpha value is -2.68. The smallest absolute Gasteiger partial charge is 0.308 e. The first-order valence-electron chi connectivity index (χ1n) is 14.3. The van der Waals surface area contributed by atoms with Crippen molar-refractivity contribution in [3.05, 3.63) is 23.3 Å². The third kappa shape index (κ3) is 5.71. The molecule has 224 valence electrons. The molecular formula is C31H46O9. The summed E-state index contributed by atoms with van der Waals surface area (Å²) in [5, 5.41) is 11.0. The zero-order chi connectivity index (χ0) is 30.3. The molecule has 0 saturated heterocycles. The van der Waals surface area contributed by atoms with Crippen LogP contribution < -0.4 is 0 Å². The normalized spacial score (nSPS) is 35.9. The van der Waals surface area contributed by atoms with Gasteiger partial charge < -0.3 is 24.1 Å². The fraction of sp³-hybridized carbons (Fsp3) is 0.742. The SMILES string of the molecule is C=C1[C@H](O)CC[C@@]2(C)[C@H](OC(C)=O)[C@@H](OC(C)=O)C3=C(C)C[C@H](OC(=O)[C@H](C)CC)[C@H]([C@@H](OC(C)=O)[C@H]12)C3(C)C. The average molecular weight is 563 g/mol. The number of esters is 4. The highest BCUT2D eigenvalue weighted by Crippen LogP contribution is 2.61. The molecule has 9 nitrogen and oxygen atoms in total. The highest BCUT2D eigenvalue weighted by molar-refractivity contribution is 5.72. The fourth-order valence-corrected chi connectivity index (χ4v) is 7.55. The van der Waals surface area contributed by atoms with Gasteiger partial charge in [0.1, 0.15) is 18.3 Å². The van der Waals surface area contributed by atoms with Crippen LogP contribution in [0, 0.1) is 28.6 Å². The van der Waals surface area contributed by atoms with E-state index in [4.69, 9.17) is 18.9 Å². The molecule has 3 aliphatic rings. The average Bonchev–Trinajstić information content (AvgIpc) is 2.81. The van der Waals surface area contributed by atoms with Crippen molar-refractivity contribution in [2.24, 2.45) is 28.6 Å². The first-order chi connectivity index (χ1) is 18.5. The Bertz CT molecular complexity index is 1090. The Morgan fingerprint density at radius 3 is 2.10 bits per heavy atom. The zero-order valence-electron chi connectivity index (χ0n) is 25.4. The third-order valence-electron chi connectivity index (χ3n) is 9.45. The molecule has 0 aromatic carbocycles. The van der Waals surface area contributed by atoms with Crippen molar-refractivity contribution >= 4 is 23.9 Å². The maximum absolute atomic E-state index is 13.1. The molecule has 1 N–H and O–H groups in total. The van der Waals surface area contributed by atoms with Crippen molar-refractivity contribution in [2.75, 3.05) is 0 Å². The van der Waals surface area contributed by atoms with Gasteiger partial charge in [-0.05, 0) is 42.7 Å². The van der Waals surface area contributed by atoms with Crippen molar-refractivity contribution in [2.45, 2.75) is 119 Å². The minimum Gasteiger partial charge on any atom is -0.461 e. The van der Waals surface area contributed by atoms with Gasteiger partial charge in [-0.3, -0.25) is 19.2 Å². The Labute approximate surface area is 237 Å². The number of carbonyl (C=O) groups excluding carboxylic acids is 4. The van der Waals surface area contributed by atoms with Crippen molar-refractivity contribution < 1.29 is 43.2 Å². The molecule has 0 heterocycles. The van der Waals surface area contributed by atoms with Gasteiger partial charge in [0.25, 0.3) is 0 Å². The van der Waals surface area contributed by atoms with Gasteiger partial charge in [0.05, 0.1) is 12.0 Å². The van der Waals surface area contributed by atoms with E-state index in [1.165, 1.54) is 20.8 Å². The molecular weight excluding hydrogens is 516 g/mol. The largest absolute Gasteiger partial charge is 0.461 e. The summed E-state index contributed by atoms with van der Waals surface area (Å²) in [7, 11) is 0. The van der Waals surface area contributed by atoms with E-state index in [1.807, 2.05) is 41.5 Å². The molecule has 2 fully saturated rings. The summed E-state index contributed by atoms with van der Waals surface area (Å²) in [5.41, 5.74) is 0.237. The van der Waals surface area contributed by atoms with E-state index < -0.39 is 71.1 Å². The zero-order valence-corrected chi connectivity index (χ0v) is 25.4. The van der Waals surface area contributed by atoms with Crippen LogP contribution in [0.4, 0.5) is 0 Å². The van der Waals surface area contributed by atoms with Crippen LogP contribution in [-0.4, -0.2) is 59.5 Å². The molecule has 0 unspecified atom stereocenters. The molecule has 0 radical (unpaired) electrons. The minimum absolute atomic E-state index is 0.312. The number of rotatable bonds is 6. The van der Waals surface area contributed by atoms with Crippen LogP contribution in [-0.2, 0) is 38.1 Å². The molecule has 2 saturated carbocycles. The molecule has 9 heteroatoms. The molecule has 2 bridgehead atoms. The second kappa shape index (κ2) is 11.7. The highest BCUT2D eigenvalue weighted by atomic mass is 16.6. The number of fused-ring (bicyclic) bond motifs is 3. The Kier molecular flexibility index (Phi) is 9.29. The summed E-state index contributed by atoms with van der Waals surface area (Å²) < 4.78 is 24.3. The van der Waals surface area contributed by atoms with Crippen LogP contribution in [0.1, 0.15) is 88.0 Å². The maximum Gasteiger partial charge on any atom is 0.308 e. The van der Waals surface area contributed by atoms with E-state index in [2.05, 4.69) is 6.58 Å². The van der Waals surface area contributed by atoms with Crippen LogP contribution in [0.2, 0.25) is 0 Å². The predicted octanol–water partition coefficient (Wildman–Crippen LogP) is 4.45. The predicted molar refractivity (Wildman–Crippen MR) is 147 cm³/mol. The number of aliphatic hydroxyl groups is 1. The molecule has 40 heavy (non-hydrogen) atoms. The number of carbonyl (C=O) groups is 4. The number of ether oxygens (including phenoxy) is 4. The van der Waals surface area contributed by atoms with Gasteiger partial charge >= 0.3 is 23.9 Å². The van der Waals surface area contributed by atoms with Gasteiger partial charge in [-0.25, -0.2) is 0 Å². The van der Waals surface area contributed by atoms with Crippen LogP contribution in [0.15, 0.2) is 23.3 Å². The second-order valence-electron chi connectivity index (χ2n) is 12.7. The molecule has 0 spiro atoms. The molecule has 0 amide bonds. The van der Waals surface area contributed by atoms with Crippen LogP contribution in [0.25, 0.3) is 0 Å². The van der Waals surface area contributed by atoms with Crippen molar-refractivity contribution in [1.29, 1.82) is 0 Å². The van der Waals surface area contributed by atoms with Gasteiger partial charge in [0, 0.05) is 44.4 Å². The summed E-state index contributed by atoms with van der Waals surface area (Å²) in [5.74, 6) is -3.56. The maximum atomic E-state index is 13.1. The quantitative estimate of drug-likeness (QED) is 0.284. The van der Waals surface area contributed by atoms with Crippen molar-refractivity contribution in [1.82, 2.24) is 0 Å². The molecule has 3 rings (SSSR count). The van der Waals surface area contributed by atoms with Gasteiger partial charge in [-0.2, -0.15) is 0 Å². The lowest BCUT2D eigenvalue weighted by atomic mass is 9.49. The van der Waals surface area contributed by atoms with Crippen LogP contribution in [0.5, 0.6) is 0 Å². The number of aliphatic hydroxyl groups excluding tert-OH is 1. The Morgan fingerprint density at radius 2 is 1.57 bits per heavy atom. The number of hydrogen-bond acceptors (Lipinski definition) is 9. The molecule has 0 aliphatic heterocycles. The van der Waals surface area contributed by atoms with Crippen LogP contribution in [0.3, 0.4) is 0 Å². The summed E-state index contributed by atoms with van der Waals surface area (Å²) >= 11 is 0. The van der Waals surface area contributed by atoms with Crippen molar-refractivity contribution in [3.8, 4) is 0 Å². The summed E-state index contributed by atoms with van der Waals surface area (Å²) in [4.78, 5) is 50.9. The molecule has 0 aromatic heterocycles. The van der Waals surface area contributed by atoms with E-state index in [0.717, 1.165) is 11.1 Å². The van der Waals surface area contributed by atoms with Gasteiger partial charge in [0.15, 0.2) is 6.10 Å². The summed E-state index contributed by atoms with van der Waals surface area (Å²) in [6, 6.07) is 0. The summed E-state index contributed by atoms with van der Waals surface area (Å²) in [6.45, 7) is 19.6. The van der Waals surface area contributed by atoms with Gasteiger partial charge in [-0.1, -0.05) is 46.8 Å². The molecule has 3 aliphatic carbocycles. The highest BCUT2D eigenvalue weighted by Gasteiger charge is 2.65. The lowest BCUT2D eigenvalue weighted by Gasteiger charge is -2.60. The molecule has 0 aromatic rings. The first kappa shape index (κ1) is 31.8.